The molecule has 2 aliphatic rings. The number of piperidine rings is 1. The van der Waals surface area contributed by atoms with E-state index >= 15 is 0 Å². The largest absolute Gasteiger partial charge is 0.493 e. The summed E-state index contributed by atoms with van der Waals surface area (Å²) in [6, 6.07) is 12.9. The van der Waals surface area contributed by atoms with Crippen molar-refractivity contribution in [2.45, 2.75) is 49.9 Å². The SMILES string of the molecule is C#CCOc1ccc(CN2[C@@H]3CC[C@H]2CC(O)(c2ccccc2F)C3)cc1OC. The monoisotopic (exact) mass is 395 g/mol. The molecule has 0 aromatic heterocycles. The number of hydrogen-bond acceptors (Lipinski definition) is 4. The average Bonchev–Trinajstić information content (AvgIpc) is 2.96. The standard InChI is InChI=1S/C24H26FNO3/c1-3-12-29-22-11-8-17(13-23(22)28-2)16-26-18-9-10-19(26)15-24(27,14-18)20-6-4-5-7-21(20)25/h1,4-8,11,13,18-19,27H,9-10,12,14-16H2,2H3/t18-,19+,24?. The second-order valence-electron chi connectivity index (χ2n) is 7.96. The van der Waals surface area contributed by atoms with Gasteiger partial charge in [-0.05, 0) is 49.4 Å². The Kier molecular flexibility index (Phi) is 5.49. The second-order valence-corrected chi connectivity index (χ2v) is 7.96. The fourth-order valence-electron chi connectivity index (χ4n) is 4.89. The lowest BCUT2D eigenvalue weighted by molar-refractivity contribution is -0.0615. The van der Waals surface area contributed by atoms with Crippen LogP contribution >= 0.6 is 0 Å². The van der Waals surface area contributed by atoms with E-state index in [1.54, 1.807) is 25.3 Å². The summed E-state index contributed by atoms with van der Waals surface area (Å²) >= 11 is 0. The molecule has 2 heterocycles. The number of aliphatic hydroxyl groups is 1. The maximum absolute atomic E-state index is 14.3. The van der Waals surface area contributed by atoms with Gasteiger partial charge in [0.25, 0.3) is 0 Å². The Morgan fingerprint density at radius 3 is 2.55 bits per heavy atom. The summed E-state index contributed by atoms with van der Waals surface area (Å²) < 4.78 is 25.3. The lowest BCUT2D eigenvalue weighted by Crippen LogP contribution is -2.49. The molecule has 2 aromatic rings. The van der Waals surface area contributed by atoms with Crippen molar-refractivity contribution in [3.05, 3.63) is 59.4 Å². The molecule has 2 aromatic carbocycles. The minimum Gasteiger partial charge on any atom is -0.493 e. The van der Waals surface area contributed by atoms with Crippen LogP contribution in [0.5, 0.6) is 11.5 Å². The zero-order valence-corrected chi connectivity index (χ0v) is 16.6. The van der Waals surface area contributed by atoms with Gasteiger partial charge in [-0.25, -0.2) is 4.39 Å². The zero-order chi connectivity index (χ0) is 20.4. The van der Waals surface area contributed by atoms with E-state index in [-0.39, 0.29) is 24.5 Å². The van der Waals surface area contributed by atoms with Crippen LogP contribution in [0.2, 0.25) is 0 Å². The molecule has 3 atom stereocenters. The fourth-order valence-corrected chi connectivity index (χ4v) is 4.89. The van der Waals surface area contributed by atoms with Gasteiger partial charge >= 0.3 is 0 Å². The molecule has 1 N–H and O–H groups in total. The van der Waals surface area contributed by atoms with Gasteiger partial charge < -0.3 is 14.6 Å². The van der Waals surface area contributed by atoms with Gasteiger partial charge in [0.05, 0.1) is 12.7 Å². The molecule has 0 amide bonds. The van der Waals surface area contributed by atoms with E-state index in [2.05, 4.69) is 10.8 Å². The van der Waals surface area contributed by atoms with Gasteiger partial charge in [-0.3, -0.25) is 4.90 Å². The quantitative estimate of drug-likeness (QED) is 0.755. The van der Waals surface area contributed by atoms with Crippen molar-refractivity contribution in [2.24, 2.45) is 0 Å². The zero-order valence-electron chi connectivity index (χ0n) is 16.6. The van der Waals surface area contributed by atoms with Crippen LogP contribution in [0, 0.1) is 18.2 Å². The maximum atomic E-state index is 14.3. The summed E-state index contributed by atoms with van der Waals surface area (Å²) in [7, 11) is 1.61. The van der Waals surface area contributed by atoms with E-state index in [1.807, 2.05) is 18.2 Å². The topological polar surface area (TPSA) is 41.9 Å². The number of ether oxygens (including phenoxy) is 2. The summed E-state index contributed by atoms with van der Waals surface area (Å²) in [5, 5.41) is 11.3. The Balaban J connectivity index is 1.51. The molecule has 29 heavy (non-hydrogen) atoms. The molecule has 4 rings (SSSR count). The van der Waals surface area contributed by atoms with Gasteiger partial charge in [0, 0.05) is 24.2 Å². The normalized spacial score (nSPS) is 26.1. The molecular formula is C24H26FNO3. The molecule has 152 valence electrons. The van der Waals surface area contributed by atoms with Crippen LogP contribution in [-0.4, -0.2) is 35.8 Å². The molecule has 0 saturated carbocycles. The minimum absolute atomic E-state index is 0.195. The molecule has 0 aliphatic carbocycles. The van der Waals surface area contributed by atoms with Gasteiger partial charge in [0.15, 0.2) is 11.5 Å². The first-order chi connectivity index (χ1) is 14.0. The number of fused-ring (bicyclic) bond motifs is 2. The molecule has 2 aliphatic heterocycles. The molecular weight excluding hydrogens is 369 g/mol. The van der Waals surface area contributed by atoms with E-state index in [0.717, 1.165) is 24.9 Å². The van der Waals surface area contributed by atoms with E-state index < -0.39 is 5.60 Å². The predicted octanol–water partition coefficient (Wildman–Crippen LogP) is 3.86. The number of halogens is 1. The summed E-state index contributed by atoms with van der Waals surface area (Å²) in [6.07, 6.45) is 8.39. The van der Waals surface area contributed by atoms with Crippen molar-refractivity contribution in [3.63, 3.8) is 0 Å². The third-order valence-corrected chi connectivity index (χ3v) is 6.20. The smallest absolute Gasteiger partial charge is 0.162 e. The van der Waals surface area contributed by atoms with Gasteiger partial charge in [0.1, 0.15) is 12.4 Å². The van der Waals surface area contributed by atoms with Crippen molar-refractivity contribution in [2.75, 3.05) is 13.7 Å². The highest BCUT2D eigenvalue weighted by Crippen LogP contribution is 2.47. The molecule has 2 bridgehead atoms. The first kappa shape index (κ1) is 19.8. The first-order valence-corrected chi connectivity index (χ1v) is 10.0. The van der Waals surface area contributed by atoms with E-state index in [4.69, 9.17) is 15.9 Å². The molecule has 4 nitrogen and oxygen atoms in total. The highest BCUT2D eigenvalue weighted by molar-refractivity contribution is 5.43. The number of nitrogens with zero attached hydrogens (tertiary/aromatic N) is 1. The summed E-state index contributed by atoms with van der Waals surface area (Å²) in [5.74, 6) is 3.42. The predicted molar refractivity (Wildman–Crippen MR) is 109 cm³/mol. The summed E-state index contributed by atoms with van der Waals surface area (Å²) in [6.45, 7) is 0.953. The minimum atomic E-state index is -1.10. The van der Waals surface area contributed by atoms with Crippen LogP contribution in [0.1, 0.15) is 36.8 Å². The van der Waals surface area contributed by atoms with E-state index in [1.165, 1.54) is 6.07 Å². The number of methoxy groups -OCH3 is 1. The number of rotatable bonds is 6. The number of benzene rings is 2. The van der Waals surface area contributed by atoms with Crippen LogP contribution in [0.25, 0.3) is 0 Å². The summed E-state index contributed by atoms with van der Waals surface area (Å²) in [4.78, 5) is 2.44. The third-order valence-electron chi connectivity index (χ3n) is 6.20. The Hall–Kier alpha value is -2.55. The van der Waals surface area contributed by atoms with Crippen molar-refractivity contribution >= 4 is 0 Å². The highest BCUT2D eigenvalue weighted by Gasteiger charge is 2.48. The molecule has 0 spiro atoms. The van der Waals surface area contributed by atoms with Crippen molar-refractivity contribution in [1.82, 2.24) is 4.90 Å². The Labute approximate surface area is 171 Å². The van der Waals surface area contributed by atoms with Gasteiger partial charge in [-0.2, -0.15) is 0 Å². The van der Waals surface area contributed by atoms with Crippen LogP contribution in [0.4, 0.5) is 4.39 Å². The number of terminal acetylenes is 1. The van der Waals surface area contributed by atoms with Crippen molar-refractivity contribution < 1.29 is 19.0 Å². The second kappa shape index (κ2) is 8.06. The van der Waals surface area contributed by atoms with Gasteiger partial charge in [0.2, 0.25) is 0 Å². The Bertz CT molecular complexity index is 909. The molecule has 5 heteroatoms. The van der Waals surface area contributed by atoms with Crippen LogP contribution in [0.3, 0.4) is 0 Å². The molecule has 1 unspecified atom stereocenters. The van der Waals surface area contributed by atoms with E-state index in [9.17, 15) is 9.50 Å². The lowest BCUT2D eigenvalue weighted by Gasteiger charge is -2.44. The lowest BCUT2D eigenvalue weighted by atomic mass is 9.80. The number of hydrogen-bond donors (Lipinski definition) is 1. The van der Waals surface area contributed by atoms with Gasteiger partial charge in [-0.1, -0.05) is 30.2 Å². The average molecular weight is 395 g/mol. The van der Waals surface area contributed by atoms with Crippen molar-refractivity contribution in [1.29, 1.82) is 0 Å². The third kappa shape index (κ3) is 3.83. The van der Waals surface area contributed by atoms with Gasteiger partial charge in [-0.15, -0.1) is 6.42 Å². The van der Waals surface area contributed by atoms with Crippen molar-refractivity contribution in [3.8, 4) is 23.8 Å². The Morgan fingerprint density at radius 2 is 1.90 bits per heavy atom. The highest BCUT2D eigenvalue weighted by atomic mass is 19.1. The fraction of sp³-hybridized carbons (Fsp3) is 0.417. The van der Waals surface area contributed by atoms with Crippen LogP contribution in [0.15, 0.2) is 42.5 Å². The summed E-state index contributed by atoms with van der Waals surface area (Å²) in [5.41, 5.74) is 0.439. The van der Waals surface area contributed by atoms with Crippen LogP contribution < -0.4 is 9.47 Å². The molecule has 2 fully saturated rings. The van der Waals surface area contributed by atoms with Crippen LogP contribution in [-0.2, 0) is 12.1 Å². The molecule has 0 radical (unpaired) electrons. The van der Waals surface area contributed by atoms with E-state index in [0.29, 0.717) is 29.9 Å². The Morgan fingerprint density at radius 1 is 1.17 bits per heavy atom. The maximum Gasteiger partial charge on any atom is 0.162 e. The molecule has 2 saturated heterocycles. The first-order valence-electron chi connectivity index (χ1n) is 10.0.